The number of hydrogen-bond acceptors (Lipinski definition) is 5. The van der Waals surface area contributed by atoms with E-state index in [1.54, 1.807) is 17.4 Å². The van der Waals surface area contributed by atoms with Gasteiger partial charge in [-0.15, -0.1) is 11.3 Å². The number of fused-ring (bicyclic) bond motifs is 8. The minimum absolute atomic E-state index is 0.0618. The summed E-state index contributed by atoms with van der Waals surface area (Å²) in [5.74, 6) is -0.771. The summed E-state index contributed by atoms with van der Waals surface area (Å²) in [6.45, 7) is 5.47. The number of ether oxygens (including phenoxy) is 1. The molecule has 1 saturated heterocycles. The van der Waals surface area contributed by atoms with E-state index in [9.17, 15) is 19.1 Å². The standard InChI is InChI=1S/C37H41ClFNO4S/c1-24-6-4-16-36(2)31(14-17-37(36)23-40(35(43)44-37)18-15-27-7-5-19-45-27)28-13-11-25(20-26(41)12-10-24)21-29(28)34(42)22-30-32(38)8-3-9-33(30)39/h3,5-9,11,13,19,21,26,31,41H,4,10,12,14-18,20,22-23H2,1-2H3/t26-,31-,36-,37+/m0/s1. The zero-order valence-electron chi connectivity index (χ0n) is 26.0. The first kappa shape index (κ1) is 32.0. The molecular formula is C37H41ClFNO4S. The van der Waals surface area contributed by atoms with Crippen LogP contribution in [0, 0.1) is 11.2 Å². The van der Waals surface area contributed by atoms with E-state index in [1.807, 2.05) is 29.2 Å². The molecule has 2 aromatic carbocycles. The molecule has 3 aromatic rings. The molecular weight excluding hydrogens is 609 g/mol. The predicted octanol–water partition coefficient (Wildman–Crippen LogP) is 8.71. The van der Waals surface area contributed by atoms with Gasteiger partial charge in [-0.1, -0.05) is 54.4 Å². The van der Waals surface area contributed by atoms with E-state index in [0.29, 0.717) is 37.9 Å². The molecule has 3 aliphatic carbocycles. The molecule has 0 unspecified atom stereocenters. The van der Waals surface area contributed by atoms with Crippen LogP contribution in [0.15, 0.2) is 65.6 Å². The van der Waals surface area contributed by atoms with Crippen molar-refractivity contribution in [3.8, 4) is 0 Å². The van der Waals surface area contributed by atoms with Crippen molar-refractivity contribution in [2.24, 2.45) is 5.41 Å². The first-order valence-corrected chi connectivity index (χ1v) is 17.3. The highest BCUT2D eigenvalue weighted by Crippen LogP contribution is 2.61. The van der Waals surface area contributed by atoms with Crippen molar-refractivity contribution in [3.63, 3.8) is 0 Å². The molecule has 45 heavy (non-hydrogen) atoms. The van der Waals surface area contributed by atoms with Gasteiger partial charge in [-0.25, -0.2) is 9.18 Å². The number of thiophene rings is 1. The van der Waals surface area contributed by atoms with Crippen molar-refractivity contribution in [1.29, 1.82) is 0 Å². The van der Waals surface area contributed by atoms with E-state index >= 15 is 0 Å². The third kappa shape index (κ3) is 6.36. The molecule has 2 fully saturated rings. The maximum atomic E-state index is 14.8. The normalized spacial score (nSPS) is 26.9. The van der Waals surface area contributed by atoms with Crippen LogP contribution in [0.3, 0.4) is 0 Å². The lowest BCUT2D eigenvalue weighted by Gasteiger charge is -2.43. The summed E-state index contributed by atoms with van der Waals surface area (Å²) in [6, 6.07) is 14.5. The van der Waals surface area contributed by atoms with Gasteiger partial charge in [-0.2, -0.15) is 0 Å². The van der Waals surface area contributed by atoms with Gasteiger partial charge in [-0.05, 0) is 105 Å². The monoisotopic (exact) mass is 649 g/mol. The van der Waals surface area contributed by atoms with Crippen LogP contribution in [-0.4, -0.2) is 46.7 Å². The Morgan fingerprint density at radius 3 is 2.80 bits per heavy atom. The number of allylic oxidation sites excluding steroid dienone is 2. The molecule has 8 heteroatoms. The number of nitrogens with zero attached hydrogens (tertiary/aromatic N) is 1. The molecule has 2 heterocycles. The maximum absolute atomic E-state index is 14.8. The third-order valence-electron chi connectivity index (χ3n) is 10.5. The lowest BCUT2D eigenvalue weighted by Crippen LogP contribution is -2.48. The van der Waals surface area contributed by atoms with E-state index < -0.39 is 22.9 Å². The van der Waals surface area contributed by atoms with Gasteiger partial charge in [0.1, 0.15) is 11.4 Å². The van der Waals surface area contributed by atoms with Crippen LogP contribution in [0.4, 0.5) is 9.18 Å². The Bertz CT molecular complexity index is 1590. The number of aliphatic hydroxyl groups excluding tert-OH is 1. The van der Waals surface area contributed by atoms with E-state index in [4.69, 9.17) is 16.3 Å². The van der Waals surface area contributed by atoms with Crippen molar-refractivity contribution >= 4 is 34.8 Å². The summed E-state index contributed by atoms with van der Waals surface area (Å²) in [4.78, 5) is 30.6. The van der Waals surface area contributed by atoms with Crippen LogP contribution < -0.4 is 0 Å². The van der Waals surface area contributed by atoms with Gasteiger partial charge in [0, 0.05) is 39.4 Å². The SMILES string of the molecule is CC1=CCC[C@@]2(C)[C@@H](CC[C@@]23CN(CCc2cccs2)C(=O)O3)c2ccc(cc2C(=O)Cc2c(F)cccc2Cl)C[C@@H](O)CC1. The van der Waals surface area contributed by atoms with Gasteiger partial charge < -0.3 is 14.7 Å². The van der Waals surface area contributed by atoms with Gasteiger partial charge in [0.05, 0.1) is 12.6 Å². The summed E-state index contributed by atoms with van der Waals surface area (Å²) in [5, 5.41) is 13.1. The molecule has 7 rings (SSSR count). The van der Waals surface area contributed by atoms with Crippen LogP contribution in [0.25, 0.3) is 0 Å². The number of amides is 1. The Morgan fingerprint density at radius 2 is 2.02 bits per heavy atom. The predicted molar refractivity (Wildman–Crippen MR) is 177 cm³/mol. The number of halogens is 2. The molecule has 5 nitrogen and oxygen atoms in total. The summed E-state index contributed by atoms with van der Waals surface area (Å²) >= 11 is 8.05. The first-order valence-electron chi connectivity index (χ1n) is 16.0. The molecule has 1 aromatic heterocycles. The van der Waals surface area contributed by atoms with Crippen molar-refractivity contribution in [2.45, 2.75) is 89.3 Å². The molecule has 1 N–H and O–H groups in total. The summed E-state index contributed by atoms with van der Waals surface area (Å²) < 4.78 is 21.3. The highest BCUT2D eigenvalue weighted by atomic mass is 35.5. The second kappa shape index (κ2) is 13.0. The number of ketones is 1. The first-order chi connectivity index (χ1) is 21.6. The fourth-order valence-electron chi connectivity index (χ4n) is 7.86. The van der Waals surface area contributed by atoms with Gasteiger partial charge in [-0.3, -0.25) is 4.79 Å². The van der Waals surface area contributed by atoms with E-state index in [1.165, 1.54) is 22.6 Å². The van der Waals surface area contributed by atoms with Gasteiger partial charge in [0.15, 0.2) is 5.78 Å². The zero-order chi connectivity index (χ0) is 31.8. The zero-order valence-corrected chi connectivity index (χ0v) is 27.6. The second-order valence-electron chi connectivity index (χ2n) is 13.3. The van der Waals surface area contributed by atoms with Gasteiger partial charge >= 0.3 is 6.09 Å². The van der Waals surface area contributed by atoms with Crippen LogP contribution >= 0.6 is 22.9 Å². The summed E-state index contributed by atoms with van der Waals surface area (Å²) in [7, 11) is 0. The molecule has 4 aliphatic rings. The number of carbonyl (C=O) groups is 2. The van der Waals surface area contributed by atoms with Crippen LogP contribution in [0.2, 0.25) is 5.02 Å². The fraction of sp³-hybridized carbons (Fsp3) is 0.459. The lowest BCUT2D eigenvalue weighted by atomic mass is 9.64. The van der Waals surface area contributed by atoms with Crippen LogP contribution in [0.1, 0.15) is 90.2 Å². The Hall–Kier alpha value is -3.00. The lowest BCUT2D eigenvalue weighted by molar-refractivity contribution is -0.0373. The summed E-state index contributed by atoms with van der Waals surface area (Å²) in [6.07, 6.45) is 6.95. The van der Waals surface area contributed by atoms with Gasteiger partial charge in [0.25, 0.3) is 0 Å². The molecule has 1 saturated carbocycles. The van der Waals surface area contributed by atoms with E-state index in [0.717, 1.165) is 43.2 Å². The van der Waals surface area contributed by atoms with Crippen LogP contribution in [-0.2, 0) is 24.0 Å². The van der Waals surface area contributed by atoms with E-state index in [-0.39, 0.29) is 34.8 Å². The molecule has 1 spiro atoms. The van der Waals surface area contributed by atoms with Crippen molar-refractivity contribution in [3.05, 3.63) is 104 Å². The molecule has 2 bridgehead atoms. The highest BCUT2D eigenvalue weighted by Gasteiger charge is 2.63. The topological polar surface area (TPSA) is 66.8 Å². The van der Waals surface area contributed by atoms with E-state index in [2.05, 4.69) is 31.4 Å². The molecule has 1 aliphatic heterocycles. The number of Topliss-reactive ketones (excluding diaryl/α,β-unsaturated/α-hetero) is 1. The number of rotatable bonds is 6. The Morgan fingerprint density at radius 1 is 1.18 bits per heavy atom. The number of aliphatic hydroxyl groups is 1. The minimum Gasteiger partial charge on any atom is -0.440 e. The van der Waals surface area contributed by atoms with Crippen molar-refractivity contribution in [2.75, 3.05) is 13.1 Å². The Labute approximate surface area is 274 Å². The minimum atomic E-state index is -0.687. The molecule has 1 amide bonds. The Balaban J connectivity index is 1.39. The largest absolute Gasteiger partial charge is 0.440 e. The van der Waals surface area contributed by atoms with Gasteiger partial charge in [0.2, 0.25) is 0 Å². The molecule has 4 atom stereocenters. The molecule has 0 radical (unpaired) electrons. The van der Waals surface area contributed by atoms with Crippen molar-refractivity contribution < 1.29 is 23.8 Å². The molecule has 238 valence electrons. The van der Waals surface area contributed by atoms with Crippen LogP contribution in [0.5, 0.6) is 0 Å². The summed E-state index contributed by atoms with van der Waals surface area (Å²) in [5.41, 5.74) is 2.60. The number of hydrogen-bond donors (Lipinski definition) is 1. The number of benzene rings is 2. The van der Waals surface area contributed by atoms with Crippen molar-refractivity contribution in [1.82, 2.24) is 4.90 Å². The average molecular weight is 650 g/mol. The quantitative estimate of drug-likeness (QED) is 0.214. The fourth-order valence-corrected chi connectivity index (χ4v) is 8.78. The number of carbonyl (C=O) groups excluding carboxylic acids is 2. The second-order valence-corrected chi connectivity index (χ2v) is 14.8. The highest BCUT2D eigenvalue weighted by molar-refractivity contribution is 7.09. The average Bonchev–Trinajstić information content (AvgIpc) is 3.71. The Kier molecular flexibility index (Phi) is 9.24. The maximum Gasteiger partial charge on any atom is 0.410 e. The third-order valence-corrected chi connectivity index (χ3v) is 11.8. The smallest absolute Gasteiger partial charge is 0.410 e.